The first-order chi connectivity index (χ1) is 14.8. The van der Waals surface area contributed by atoms with Gasteiger partial charge in [-0.25, -0.2) is 9.59 Å². The zero-order valence-electron chi connectivity index (χ0n) is 17.6. The fraction of sp³-hybridized carbons (Fsp3) is 0.261. The van der Waals surface area contributed by atoms with Crippen LogP contribution in [0.25, 0.3) is 10.9 Å². The number of amides is 1. The second-order valence-electron chi connectivity index (χ2n) is 7.13. The quantitative estimate of drug-likeness (QED) is 0.341. The number of anilines is 1. The van der Waals surface area contributed by atoms with Gasteiger partial charge in [0.05, 0.1) is 6.54 Å². The maximum atomic E-state index is 12.0. The van der Waals surface area contributed by atoms with Gasteiger partial charge < -0.3 is 25.4 Å². The van der Waals surface area contributed by atoms with Gasteiger partial charge in [0.15, 0.2) is 0 Å². The molecule has 0 aliphatic rings. The largest absolute Gasteiger partial charge is 0.473 e. The van der Waals surface area contributed by atoms with E-state index in [1.807, 2.05) is 26.0 Å². The van der Waals surface area contributed by atoms with Gasteiger partial charge in [-0.1, -0.05) is 24.3 Å². The van der Waals surface area contributed by atoms with Crippen LogP contribution in [0.5, 0.6) is 0 Å². The highest BCUT2D eigenvalue weighted by Crippen LogP contribution is 2.15. The van der Waals surface area contributed by atoms with Crippen molar-refractivity contribution in [2.24, 2.45) is 0 Å². The lowest BCUT2D eigenvalue weighted by Crippen LogP contribution is -2.29. The Morgan fingerprint density at radius 2 is 1.58 bits per heavy atom. The van der Waals surface area contributed by atoms with Gasteiger partial charge in [-0.15, -0.1) is 0 Å². The number of rotatable bonds is 7. The van der Waals surface area contributed by atoms with Crippen LogP contribution in [0.2, 0.25) is 0 Å². The van der Waals surface area contributed by atoms with Crippen LogP contribution in [0, 0.1) is 13.8 Å². The van der Waals surface area contributed by atoms with Gasteiger partial charge in [-0.3, -0.25) is 4.79 Å². The molecular formula is C23H27N3O5. The molecule has 0 saturated heterocycles. The monoisotopic (exact) mass is 425 g/mol. The summed E-state index contributed by atoms with van der Waals surface area (Å²) in [5.74, 6) is -3.65. The Morgan fingerprint density at radius 3 is 2.23 bits per heavy atom. The molecule has 0 spiro atoms. The van der Waals surface area contributed by atoms with Crippen molar-refractivity contribution < 1.29 is 24.6 Å². The minimum Gasteiger partial charge on any atom is -0.473 e. The van der Waals surface area contributed by atoms with E-state index in [-0.39, 0.29) is 5.91 Å². The maximum Gasteiger partial charge on any atom is 0.414 e. The Labute approximate surface area is 180 Å². The average Bonchev–Trinajstić information content (AvgIpc) is 3.10. The number of nitrogens with one attached hydrogen (secondary N) is 2. The summed E-state index contributed by atoms with van der Waals surface area (Å²) >= 11 is 0. The Kier molecular flexibility index (Phi) is 8.78. The number of hydrogen-bond acceptors (Lipinski definition) is 4. The van der Waals surface area contributed by atoms with E-state index in [0.717, 1.165) is 36.3 Å². The van der Waals surface area contributed by atoms with Crippen LogP contribution >= 0.6 is 0 Å². The lowest BCUT2D eigenvalue weighted by atomic mass is 10.1. The number of aliphatic carboxylic acids is 2. The van der Waals surface area contributed by atoms with Gasteiger partial charge in [0.1, 0.15) is 0 Å². The predicted molar refractivity (Wildman–Crippen MR) is 119 cm³/mol. The number of fused-ring (bicyclic) bond motifs is 1. The zero-order chi connectivity index (χ0) is 22.8. The molecule has 1 heterocycles. The Morgan fingerprint density at radius 1 is 0.935 bits per heavy atom. The Hall–Kier alpha value is -3.65. The first kappa shape index (κ1) is 23.6. The second-order valence-corrected chi connectivity index (χ2v) is 7.13. The molecule has 0 bridgehead atoms. The molecule has 0 saturated carbocycles. The van der Waals surface area contributed by atoms with Gasteiger partial charge in [0.2, 0.25) is 5.91 Å². The van der Waals surface area contributed by atoms with Crippen LogP contribution in [0.1, 0.15) is 17.5 Å². The number of aromatic nitrogens is 1. The first-order valence-corrected chi connectivity index (χ1v) is 9.85. The van der Waals surface area contributed by atoms with E-state index in [0.29, 0.717) is 6.54 Å². The molecule has 3 aromatic rings. The number of nitrogens with zero attached hydrogens (tertiary/aromatic N) is 1. The third-order valence-corrected chi connectivity index (χ3v) is 4.41. The number of carbonyl (C=O) groups excluding carboxylic acids is 1. The molecule has 0 aliphatic carbocycles. The number of benzene rings is 2. The van der Waals surface area contributed by atoms with E-state index in [1.165, 1.54) is 10.9 Å². The maximum absolute atomic E-state index is 12.0. The van der Waals surface area contributed by atoms with Crippen LogP contribution in [-0.2, 0) is 20.9 Å². The third-order valence-electron chi connectivity index (χ3n) is 4.41. The number of para-hydroxylation sites is 1. The molecule has 0 unspecified atom stereocenters. The predicted octanol–water partition coefficient (Wildman–Crippen LogP) is 3.03. The van der Waals surface area contributed by atoms with Crippen LogP contribution in [0.3, 0.4) is 0 Å². The molecule has 0 aliphatic heterocycles. The molecule has 164 valence electrons. The lowest BCUT2D eigenvalue weighted by Gasteiger charge is -2.09. The minimum atomic E-state index is -1.82. The summed E-state index contributed by atoms with van der Waals surface area (Å²) in [4.78, 5) is 30.2. The summed E-state index contributed by atoms with van der Waals surface area (Å²) < 4.78 is 2.26. The number of carboxylic acid groups (broad SMARTS) is 2. The first-order valence-electron chi connectivity index (χ1n) is 9.85. The molecule has 1 amide bonds. The summed E-state index contributed by atoms with van der Waals surface area (Å²) in [6, 6.07) is 16.6. The molecule has 1 aromatic heterocycles. The molecule has 4 N–H and O–H groups in total. The molecule has 8 nitrogen and oxygen atoms in total. The Balaban J connectivity index is 0.000000501. The highest BCUT2D eigenvalue weighted by Gasteiger charge is 2.04. The van der Waals surface area contributed by atoms with E-state index < -0.39 is 11.9 Å². The Bertz CT molecular complexity index is 1030. The highest BCUT2D eigenvalue weighted by atomic mass is 16.4. The van der Waals surface area contributed by atoms with Crippen molar-refractivity contribution in [2.45, 2.75) is 26.8 Å². The zero-order valence-corrected chi connectivity index (χ0v) is 17.6. The number of carbonyl (C=O) groups is 3. The third kappa shape index (κ3) is 7.94. The highest BCUT2D eigenvalue weighted by molar-refractivity contribution is 6.27. The fourth-order valence-electron chi connectivity index (χ4n) is 3.16. The smallest absolute Gasteiger partial charge is 0.414 e. The standard InChI is InChI=1S/C21H25N3O.C2H2O4/c1-16-12-17(2)14-19(13-16)23-21(25)15-22-9-5-10-24-11-8-18-6-3-4-7-20(18)24;3-1(4)2(5)6/h3-4,6-8,11-14,22H,5,9-10,15H2,1-2H3,(H,23,25);(H,3,4)(H,5,6). The lowest BCUT2D eigenvalue weighted by molar-refractivity contribution is -0.159. The summed E-state index contributed by atoms with van der Waals surface area (Å²) in [5, 5.41) is 22.2. The molecule has 8 heteroatoms. The van der Waals surface area contributed by atoms with Crippen molar-refractivity contribution in [3.63, 3.8) is 0 Å². The van der Waals surface area contributed by atoms with Crippen LogP contribution in [-0.4, -0.2) is 45.7 Å². The molecule has 31 heavy (non-hydrogen) atoms. The van der Waals surface area contributed by atoms with Crippen LogP contribution in [0.4, 0.5) is 5.69 Å². The molecule has 0 atom stereocenters. The van der Waals surface area contributed by atoms with Gasteiger partial charge in [-0.05, 0) is 67.6 Å². The summed E-state index contributed by atoms with van der Waals surface area (Å²) in [5.41, 5.74) is 4.43. The SMILES string of the molecule is Cc1cc(C)cc(NC(=O)CNCCCn2ccc3ccccc32)c1.O=C(O)C(=O)O. The normalized spacial score (nSPS) is 10.3. The molecule has 2 aromatic carbocycles. The van der Waals surface area contributed by atoms with E-state index >= 15 is 0 Å². The van der Waals surface area contributed by atoms with E-state index in [9.17, 15) is 4.79 Å². The van der Waals surface area contributed by atoms with Crippen molar-refractivity contribution in [3.05, 3.63) is 65.9 Å². The van der Waals surface area contributed by atoms with Gasteiger partial charge in [0.25, 0.3) is 0 Å². The molecular weight excluding hydrogens is 398 g/mol. The van der Waals surface area contributed by atoms with E-state index in [4.69, 9.17) is 19.8 Å². The van der Waals surface area contributed by atoms with Crippen LogP contribution in [0.15, 0.2) is 54.7 Å². The fourth-order valence-corrected chi connectivity index (χ4v) is 3.16. The van der Waals surface area contributed by atoms with Gasteiger partial charge >= 0.3 is 11.9 Å². The molecule has 3 rings (SSSR count). The van der Waals surface area contributed by atoms with Gasteiger partial charge in [0, 0.05) is 23.9 Å². The number of carboxylic acids is 2. The minimum absolute atomic E-state index is 0.00332. The van der Waals surface area contributed by atoms with Crippen molar-refractivity contribution in [1.29, 1.82) is 0 Å². The molecule has 0 fully saturated rings. The summed E-state index contributed by atoms with van der Waals surface area (Å²) in [6.45, 7) is 6.16. The van der Waals surface area contributed by atoms with Crippen LogP contribution < -0.4 is 10.6 Å². The summed E-state index contributed by atoms with van der Waals surface area (Å²) in [7, 11) is 0. The van der Waals surface area contributed by atoms with Gasteiger partial charge in [-0.2, -0.15) is 0 Å². The van der Waals surface area contributed by atoms with Crippen molar-refractivity contribution in [2.75, 3.05) is 18.4 Å². The van der Waals surface area contributed by atoms with Crippen molar-refractivity contribution >= 4 is 34.4 Å². The average molecular weight is 425 g/mol. The summed E-state index contributed by atoms with van der Waals surface area (Å²) in [6.07, 6.45) is 3.10. The molecule has 0 radical (unpaired) electrons. The number of aryl methyl sites for hydroxylation is 3. The topological polar surface area (TPSA) is 121 Å². The number of hydrogen-bond donors (Lipinski definition) is 4. The second kappa shape index (κ2) is 11.5. The van der Waals surface area contributed by atoms with Crippen molar-refractivity contribution in [1.82, 2.24) is 9.88 Å². The van der Waals surface area contributed by atoms with Crippen molar-refractivity contribution in [3.8, 4) is 0 Å². The van der Waals surface area contributed by atoms with E-state index in [2.05, 4.69) is 57.8 Å². The van der Waals surface area contributed by atoms with E-state index in [1.54, 1.807) is 0 Å².